The van der Waals surface area contributed by atoms with E-state index < -0.39 is 0 Å². The lowest BCUT2D eigenvalue weighted by atomic mass is 9.97. The molecular formula is C18H28N4O. The summed E-state index contributed by atoms with van der Waals surface area (Å²) >= 11 is 0. The van der Waals surface area contributed by atoms with Gasteiger partial charge in [0.1, 0.15) is 5.69 Å². The van der Waals surface area contributed by atoms with E-state index in [0.29, 0.717) is 11.6 Å². The van der Waals surface area contributed by atoms with Gasteiger partial charge in [0.25, 0.3) is 5.91 Å². The maximum atomic E-state index is 12.2. The molecule has 2 N–H and O–H groups in total. The van der Waals surface area contributed by atoms with Crippen LogP contribution in [0.4, 0.5) is 5.95 Å². The van der Waals surface area contributed by atoms with Crippen molar-refractivity contribution in [3.63, 3.8) is 0 Å². The monoisotopic (exact) mass is 316 g/mol. The second-order valence-electron chi connectivity index (χ2n) is 7.21. The van der Waals surface area contributed by atoms with Crippen LogP contribution in [0.3, 0.4) is 0 Å². The number of amides is 1. The summed E-state index contributed by atoms with van der Waals surface area (Å²) in [5, 5.41) is 6.18. The molecule has 0 fully saturated rings. The second-order valence-corrected chi connectivity index (χ2v) is 7.21. The van der Waals surface area contributed by atoms with Crippen molar-refractivity contribution in [1.82, 2.24) is 15.3 Å². The highest BCUT2D eigenvalue weighted by atomic mass is 16.2. The van der Waals surface area contributed by atoms with E-state index in [4.69, 9.17) is 0 Å². The van der Waals surface area contributed by atoms with E-state index in [1.54, 1.807) is 6.07 Å². The van der Waals surface area contributed by atoms with Gasteiger partial charge in [0.05, 0.1) is 0 Å². The lowest BCUT2D eigenvalue weighted by Crippen LogP contribution is -2.41. The molecular weight excluding hydrogens is 288 g/mol. The fourth-order valence-corrected chi connectivity index (χ4v) is 2.64. The van der Waals surface area contributed by atoms with Crippen molar-refractivity contribution in [2.45, 2.75) is 65.3 Å². The zero-order valence-electron chi connectivity index (χ0n) is 14.7. The topological polar surface area (TPSA) is 66.9 Å². The van der Waals surface area contributed by atoms with Crippen molar-refractivity contribution in [3.8, 4) is 0 Å². The number of nitrogens with zero attached hydrogens (tertiary/aromatic N) is 2. The Balaban J connectivity index is 1.96. The fourth-order valence-electron chi connectivity index (χ4n) is 2.64. The highest BCUT2D eigenvalue weighted by molar-refractivity contribution is 5.93. The van der Waals surface area contributed by atoms with Crippen molar-refractivity contribution in [2.75, 3.05) is 11.9 Å². The lowest BCUT2D eigenvalue weighted by molar-refractivity contribution is 0.0914. The number of aryl methyl sites for hydroxylation is 1. The third-order valence-electron chi connectivity index (χ3n) is 3.69. The average molecular weight is 316 g/mol. The van der Waals surface area contributed by atoms with Crippen molar-refractivity contribution in [2.24, 2.45) is 0 Å². The zero-order chi connectivity index (χ0) is 16.9. The molecule has 5 heteroatoms. The summed E-state index contributed by atoms with van der Waals surface area (Å²) in [4.78, 5) is 21.0. The van der Waals surface area contributed by atoms with Gasteiger partial charge >= 0.3 is 0 Å². The van der Waals surface area contributed by atoms with Crippen LogP contribution < -0.4 is 10.6 Å². The van der Waals surface area contributed by atoms with E-state index >= 15 is 0 Å². The highest BCUT2D eigenvalue weighted by Crippen LogP contribution is 2.19. The number of aromatic nitrogens is 2. The number of allylic oxidation sites excluding steroid dienone is 1. The second kappa shape index (κ2) is 7.57. The number of anilines is 1. The quantitative estimate of drug-likeness (QED) is 0.814. The number of rotatable bonds is 5. The summed E-state index contributed by atoms with van der Waals surface area (Å²) in [6.45, 7) is 8.54. The summed E-state index contributed by atoms with van der Waals surface area (Å²) in [6, 6.07) is 1.72. The van der Waals surface area contributed by atoms with Gasteiger partial charge in [0.2, 0.25) is 5.95 Å². The summed E-state index contributed by atoms with van der Waals surface area (Å²) < 4.78 is 0. The van der Waals surface area contributed by atoms with Gasteiger partial charge in [-0.05, 0) is 65.9 Å². The van der Waals surface area contributed by atoms with Crippen LogP contribution in [0.1, 0.15) is 69.1 Å². The third kappa shape index (κ3) is 6.00. The molecule has 0 aliphatic heterocycles. The molecule has 0 saturated heterocycles. The molecule has 23 heavy (non-hydrogen) atoms. The van der Waals surface area contributed by atoms with E-state index in [0.717, 1.165) is 18.7 Å². The Morgan fingerprint density at radius 3 is 2.70 bits per heavy atom. The summed E-state index contributed by atoms with van der Waals surface area (Å²) in [6.07, 6.45) is 8.38. The number of nitrogens with one attached hydrogen (secondary N) is 2. The lowest BCUT2D eigenvalue weighted by Gasteiger charge is -2.20. The number of hydrogen-bond acceptors (Lipinski definition) is 4. The normalized spacial score (nSPS) is 15.0. The van der Waals surface area contributed by atoms with Crippen LogP contribution in [-0.2, 0) is 0 Å². The number of carbonyl (C=O) groups is 1. The SMILES string of the molecule is Cc1cc(C(=O)NC(C)(C)C)nc(NCCC2=CCCCC2)n1. The maximum Gasteiger partial charge on any atom is 0.270 e. The van der Waals surface area contributed by atoms with Crippen molar-refractivity contribution >= 4 is 11.9 Å². The maximum absolute atomic E-state index is 12.2. The summed E-state index contributed by atoms with van der Waals surface area (Å²) in [7, 11) is 0. The minimum Gasteiger partial charge on any atom is -0.354 e. The van der Waals surface area contributed by atoms with Crippen molar-refractivity contribution < 1.29 is 4.79 Å². The standard InChI is InChI=1S/C18H28N4O/c1-13-12-15(16(23)22-18(2,3)4)21-17(20-13)19-11-10-14-8-6-5-7-9-14/h8,12H,5-7,9-11H2,1-4H3,(H,22,23)(H,19,20,21). The van der Waals surface area contributed by atoms with Gasteiger partial charge < -0.3 is 10.6 Å². The molecule has 0 spiro atoms. The van der Waals surface area contributed by atoms with Gasteiger partial charge in [-0.3, -0.25) is 4.79 Å². The van der Waals surface area contributed by atoms with E-state index in [2.05, 4.69) is 26.7 Å². The number of hydrogen-bond donors (Lipinski definition) is 2. The molecule has 2 rings (SSSR count). The van der Waals surface area contributed by atoms with E-state index in [-0.39, 0.29) is 11.4 Å². The van der Waals surface area contributed by atoms with Gasteiger partial charge in [-0.1, -0.05) is 11.6 Å². The molecule has 1 aliphatic carbocycles. The van der Waals surface area contributed by atoms with Gasteiger partial charge in [-0.15, -0.1) is 0 Å². The molecule has 1 aromatic heterocycles. The van der Waals surface area contributed by atoms with Crippen LogP contribution in [0.2, 0.25) is 0 Å². The zero-order valence-corrected chi connectivity index (χ0v) is 14.7. The first-order chi connectivity index (χ1) is 10.8. The van der Waals surface area contributed by atoms with Crippen LogP contribution in [-0.4, -0.2) is 28.0 Å². The molecule has 5 nitrogen and oxygen atoms in total. The average Bonchev–Trinajstić information content (AvgIpc) is 2.46. The van der Waals surface area contributed by atoms with E-state index in [9.17, 15) is 4.79 Å². The molecule has 126 valence electrons. The number of carbonyl (C=O) groups excluding carboxylic acids is 1. The highest BCUT2D eigenvalue weighted by Gasteiger charge is 2.17. The predicted octanol–water partition coefficient (Wildman–Crippen LogP) is 3.62. The van der Waals surface area contributed by atoms with E-state index in [1.165, 1.54) is 31.3 Å². The Labute approximate surface area is 139 Å². The first-order valence-corrected chi connectivity index (χ1v) is 8.43. The minimum atomic E-state index is -0.281. The fraction of sp³-hybridized carbons (Fsp3) is 0.611. The third-order valence-corrected chi connectivity index (χ3v) is 3.69. The van der Waals surface area contributed by atoms with Crippen LogP contribution in [0.5, 0.6) is 0 Å². The Bertz CT molecular complexity index is 587. The molecule has 1 heterocycles. The largest absolute Gasteiger partial charge is 0.354 e. The first-order valence-electron chi connectivity index (χ1n) is 8.43. The van der Waals surface area contributed by atoms with Crippen molar-refractivity contribution in [3.05, 3.63) is 29.1 Å². The molecule has 0 bridgehead atoms. The van der Waals surface area contributed by atoms with Gasteiger partial charge in [0.15, 0.2) is 0 Å². The molecule has 1 aliphatic rings. The molecule has 1 amide bonds. The summed E-state index contributed by atoms with van der Waals surface area (Å²) in [5.41, 5.74) is 2.43. The summed E-state index contributed by atoms with van der Waals surface area (Å²) in [5.74, 6) is 0.363. The molecule has 0 aromatic carbocycles. The smallest absolute Gasteiger partial charge is 0.270 e. The Morgan fingerprint density at radius 2 is 2.04 bits per heavy atom. The Kier molecular flexibility index (Phi) is 5.74. The van der Waals surface area contributed by atoms with Crippen LogP contribution in [0.15, 0.2) is 17.7 Å². The Hall–Kier alpha value is -1.91. The first kappa shape index (κ1) is 17.4. The predicted molar refractivity (Wildman–Crippen MR) is 93.6 cm³/mol. The van der Waals surface area contributed by atoms with Crippen LogP contribution >= 0.6 is 0 Å². The van der Waals surface area contributed by atoms with Gasteiger partial charge in [0, 0.05) is 17.8 Å². The molecule has 1 aromatic rings. The van der Waals surface area contributed by atoms with Crippen LogP contribution in [0, 0.1) is 6.92 Å². The molecule has 0 atom stereocenters. The molecule has 0 saturated carbocycles. The van der Waals surface area contributed by atoms with Gasteiger partial charge in [-0.2, -0.15) is 0 Å². The van der Waals surface area contributed by atoms with Crippen molar-refractivity contribution in [1.29, 1.82) is 0 Å². The van der Waals surface area contributed by atoms with E-state index in [1.807, 2.05) is 27.7 Å². The van der Waals surface area contributed by atoms with Crippen LogP contribution in [0.25, 0.3) is 0 Å². The van der Waals surface area contributed by atoms with Gasteiger partial charge in [-0.25, -0.2) is 9.97 Å². The molecule has 0 radical (unpaired) electrons. The minimum absolute atomic E-state index is 0.166. The Morgan fingerprint density at radius 1 is 1.26 bits per heavy atom. The molecule has 0 unspecified atom stereocenters.